The standard InChI is InChI=1S/C15H20FNO5/c1-9(2)8-22-13-6-10(21-3)4-5-11(13)14(18)17-12(7-16)15(19)20/h4-6,9,12H,7-8H2,1-3H3,(H,17,18)(H,19,20). The fourth-order valence-corrected chi connectivity index (χ4v) is 1.60. The quantitative estimate of drug-likeness (QED) is 0.765. The first-order chi connectivity index (χ1) is 10.4. The van der Waals surface area contributed by atoms with E-state index >= 15 is 0 Å². The normalized spacial score (nSPS) is 11.9. The molecule has 0 aliphatic carbocycles. The summed E-state index contributed by atoms with van der Waals surface area (Å²) in [5, 5.41) is 10.9. The van der Waals surface area contributed by atoms with Crippen molar-refractivity contribution in [2.24, 2.45) is 5.92 Å². The molecule has 1 atom stereocenters. The van der Waals surface area contributed by atoms with E-state index in [0.717, 1.165) is 0 Å². The molecule has 0 saturated heterocycles. The van der Waals surface area contributed by atoms with Crippen molar-refractivity contribution in [3.8, 4) is 11.5 Å². The lowest BCUT2D eigenvalue weighted by atomic mass is 10.1. The van der Waals surface area contributed by atoms with Gasteiger partial charge >= 0.3 is 5.97 Å². The Kier molecular flexibility index (Phi) is 6.62. The van der Waals surface area contributed by atoms with Crippen LogP contribution in [0.3, 0.4) is 0 Å². The number of carboxylic acid groups (broad SMARTS) is 1. The second kappa shape index (κ2) is 8.21. The Bertz CT molecular complexity index is 533. The summed E-state index contributed by atoms with van der Waals surface area (Å²) in [6.45, 7) is 3.07. The zero-order valence-electron chi connectivity index (χ0n) is 12.8. The molecule has 1 aromatic rings. The van der Waals surface area contributed by atoms with E-state index in [9.17, 15) is 14.0 Å². The number of ether oxygens (including phenoxy) is 2. The number of carbonyl (C=O) groups is 2. The number of nitrogens with one attached hydrogen (secondary N) is 1. The third-order valence-corrected chi connectivity index (χ3v) is 2.76. The van der Waals surface area contributed by atoms with Gasteiger partial charge < -0.3 is 19.9 Å². The molecular formula is C15H20FNO5. The largest absolute Gasteiger partial charge is 0.497 e. The number of aliphatic carboxylic acids is 1. The van der Waals surface area contributed by atoms with Gasteiger partial charge in [-0.15, -0.1) is 0 Å². The molecule has 2 N–H and O–H groups in total. The van der Waals surface area contributed by atoms with Crippen molar-refractivity contribution in [1.29, 1.82) is 0 Å². The molecule has 0 saturated carbocycles. The molecule has 0 spiro atoms. The molecule has 1 amide bonds. The lowest BCUT2D eigenvalue weighted by Crippen LogP contribution is -2.42. The molecule has 0 radical (unpaired) electrons. The van der Waals surface area contributed by atoms with Crippen LogP contribution in [0.1, 0.15) is 24.2 Å². The van der Waals surface area contributed by atoms with E-state index in [1.165, 1.54) is 19.2 Å². The fraction of sp³-hybridized carbons (Fsp3) is 0.467. The van der Waals surface area contributed by atoms with Gasteiger partial charge in [0.25, 0.3) is 5.91 Å². The monoisotopic (exact) mass is 313 g/mol. The molecule has 122 valence electrons. The molecule has 1 aromatic carbocycles. The summed E-state index contributed by atoms with van der Waals surface area (Å²) in [6.07, 6.45) is 0. The molecule has 1 unspecified atom stereocenters. The fourth-order valence-electron chi connectivity index (χ4n) is 1.60. The van der Waals surface area contributed by atoms with Crippen molar-refractivity contribution in [2.75, 3.05) is 20.4 Å². The maximum atomic E-state index is 12.6. The van der Waals surface area contributed by atoms with Crippen LogP contribution in [0.2, 0.25) is 0 Å². The summed E-state index contributed by atoms with van der Waals surface area (Å²) in [6, 6.07) is 2.93. The number of carboxylic acids is 1. The molecule has 0 bridgehead atoms. The molecular weight excluding hydrogens is 293 g/mol. The zero-order valence-corrected chi connectivity index (χ0v) is 12.8. The summed E-state index contributed by atoms with van der Waals surface area (Å²) in [5.41, 5.74) is 0.126. The van der Waals surface area contributed by atoms with Crippen LogP contribution in [0.25, 0.3) is 0 Å². The van der Waals surface area contributed by atoms with E-state index in [4.69, 9.17) is 14.6 Å². The van der Waals surface area contributed by atoms with E-state index in [1.54, 1.807) is 6.07 Å². The Balaban J connectivity index is 3.00. The van der Waals surface area contributed by atoms with Crippen molar-refractivity contribution in [1.82, 2.24) is 5.32 Å². The summed E-state index contributed by atoms with van der Waals surface area (Å²) in [7, 11) is 1.48. The number of methoxy groups -OCH3 is 1. The highest BCUT2D eigenvalue weighted by Gasteiger charge is 2.22. The van der Waals surface area contributed by atoms with Gasteiger partial charge in [0.1, 0.15) is 18.2 Å². The first kappa shape index (κ1) is 17.7. The molecule has 22 heavy (non-hydrogen) atoms. The van der Waals surface area contributed by atoms with Gasteiger partial charge in [0.2, 0.25) is 0 Å². The van der Waals surface area contributed by atoms with E-state index in [0.29, 0.717) is 12.4 Å². The topological polar surface area (TPSA) is 84.9 Å². The van der Waals surface area contributed by atoms with Crippen LogP contribution in [-0.4, -0.2) is 43.4 Å². The highest BCUT2D eigenvalue weighted by atomic mass is 19.1. The van der Waals surface area contributed by atoms with Gasteiger partial charge in [-0.3, -0.25) is 4.79 Å². The van der Waals surface area contributed by atoms with Gasteiger partial charge in [0, 0.05) is 6.07 Å². The summed E-state index contributed by atoms with van der Waals surface area (Å²) in [4.78, 5) is 22.9. The Labute approximate surface area is 128 Å². The van der Waals surface area contributed by atoms with Crippen LogP contribution in [0.15, 0.2) is 18.2 Å². The van der Waals surface area contributed by atoms with Crippen LogP contribution in [0.5, 0.6) is 11.5 Å². The van der Waals surface area contributed by atoms with Gasteiger partial charge in [-0.2, -0.15) is 0 Å². The number of benzene rings is 1. The lowest BCUT2D eigenvalue weighted by molar-refractivity contribution is -0.139. The zero-order chi connectivity index (χ0) is 16.7. The predicted octanol–water partition coefficient (Wildman–Crippen LogP) is 1.88. The SMILES string of the molecule is COc1ccc(C(=O)NC(CF)C(=O)O)c(OCC(C)C)c1. The van der Waals surface area contributed by atoms with Gasteiger partial charge in [0.15, 0.2) is 6.04 Å². The minimum atomic E-state index is -1.59. The van der Waals surface area contributed by atoms with Crippen LogP contribution >= 0.6 is 0 Å². The number of carbonyl (C=O) groups excluding carboxylic acids is 1. The van der Waals surface area contributed by atoms with Gasteiger partial charge in [0.05, 0.1) is 19.3 Å². The molecule has 0 aliphatic heterocycles. The van der Waals surface area contributed by atoms with Crippen molar-refractivity contribution in [3.63, 3.8) is 0 Å². The van der Waals surface area contributed by atoms with E-state index in [-0.39, 0.29) is 17.2 Å². The third-order valence-electron chi connectivity index (χ3n) is 2.76. The predicted molar refractivity (Wildman–Crippen MR) is 78.2 cm³/mol. The molecule has 0 heterocycles. The van der Waals surface area contributed by atoms with Gasteiger partial charge in [-0.05, 0) is 18.1 Å². The number of alkyl halides is 1. The molecule has 0 aliphatic rings. The highest BCUT2D eigenvalue weighted by molar-refractivity contribution is 5.99. The Hall–Kier alpha value is -2.31. The average Bonchev–Trinajstić information content (AvgIpc) is 2.49. The summed E-state index contributed by atoms with van der Waals surface area (Å²) >= 11 is 0. The van der Waals surface area contributed by atoms with Gasteiger partial charge in [-0.25, -0.2) is 9.18 Å². The minimum absolute atomic E-state index is 0.126. The number of amides is 1. The van der Waals surface area contributed by atoms with E-state index in [2.05, 4.69) is 5.32 Å². The summed E-state index contributed by atoms with van der Waals surface area (Å²) in [5.74, 6) is -1.16. The van der Waals surface area contributed by atoms with Crippen LogP contribution in [0, 0.1) is 5.92 Å². The number of hydrogen-bond acceptors (Lipinski definition) is 4. The molecule has 1 rings (SSSR count). The van der Waals surface area contributed by atoms with Crippen molar-refractivity contribution >= 4 is 11.9 Å². The highest BCUT2D eigenvalue weighted by Crippen LogP contribution is 2.25. The number of hydrogen-bond donors (Lipinski definition) is 2. The first-order valence-electron chi connectivity index (χ1n) is 6.79. The third kappa shape index (κ3) is 4.91. The molecule has 0 fully saturated rings. The van der Waals surface area contributed by atoms with Crippen molar-refractivity contribution in [3.05, 3.63) is 23.8 Å². The second-order valence-corrected chi connectivity index (χ2v) is 5.09. The Morgan fingerprint density at radius 3 is 2.55 bits per heavy atom. The van der Waals surface area contributed by atoms with Gasteiger partial charge in [-0.1, -0.05) is 13.8 Å². The smallest absolute Gasteiger partial charge is 0.328 e. The number of halogens is 1. The van der Waals surface area contributed by atoms with Crippen molar-refractivity contribution in [2.45, 2.75) is 19.9 Å². The van der Waals surface area contributed by atoms with Crippen LogP contribution in [0.4, 0.5) is 4.39 Å². The maximum Gasteiger partial charge on any atom is 0.328 e. The minimum Gasteiger partial charge on any atom is -0.497 e. The Morgan fingerprint density at radius 1 is 1.36 bits per heavy atom. The molecule has 0 aromatic heterocycles. The Morgan fingerprint density at radius 2 is 2.05 bits per heavy atom. The van der Waals surface area contributed by atoms with Crippen LogP contribution in [-0.2, 0) is 4.79 Å². The summed E-state index contributed by atoms with van der Waals surface area (Å²) < 4.78 is 23.2. The first-order valence-corrected chi connectivity index (χ1v) is 6.79. The van der Waals surface area contributed by atoms with Crippen molar-refractivity contribution < 1.29 is 28.6 Å². The van der Waals surface area contributed by atoms with E-state index < -0.39 is 24.6 Å². The molecule has 7 heteroatoms. The number of rotatable bonds is 8. The maximum absolute atomic E-state index is 12.6. The second-order valence-electron chi connectivity index (χ2n) is 5.09. The van der Waals surface area contributed by atoms with E-state index in [1.807, 2.05) is 13.8 Å². The lowest BCUT2D eigenvalue weighted by Gasteiger charge is -2.16. The average molecular weight is 313 g/mol. The molecule has 6 nitrogen and oxygen atoms in total. The van der Waals surface area contributed by atoms with Crippen LogP contribution < -0.4 is 14.8 Å².